The summed E-state index contributed by atoms with van der Waals surface area (Å²) in [5.74, 6) is -0.0489. The Morgan fingerprint density at radius 2 is 2.12 bits per heavy atom. The van der Waals surface area contributed by atoms with Crippen molar-refractivity contribution in [2.45, 2.75) is 32.9 Å². The molecule has 0 spiro atoms. The maximum absolute atomic E-state index is 11.6. The van der Waals surface area contributed by atoms with E-state index in [2.05, 4.69) is 5.32 Å². The lowest BCUT2D eigenvalue weighted by Crippen LogP contribution is -2.42. The van der Waals surface area contributed by atoms with Crippen LogP contribution in [0.4, 0.5) is 0 Å². The highest BCUT2D eigenvalue weighted by atomic mass is 35.5. The summed E-state index contributed by atoms with van der Waals surface area (Å²) in [7, 11) is 1.41. The predicted octanol–water partition coefficient (Wildman–Crippen LogP) is 3.25. The topological polar surface area (TPSA) is 38.3 Å². The summed E-state index contributed by atoms with van der Waals surface area (Å²) in [6.07, 6.45) is 0. The summed E-state index contributed by atoms with van der Waals surface area (Å²) in [4.78, 5) is 11.6. The van der Waals surface area contributed by atoms with Crippen molar-refractivity contribution in [2.75, 3.05) is 7.11 Å². The minimum atomic E-state index is -0.298. The highest BCUT2D eigenvalue weighted by Crippen LogP contribution is 2.25. The van der Waals surface area contributed by atoms with Crippen LogP contribution in [-0.2, 0) is 9.53 Å². The van der Waals surface area contributed by atoms with Gasteiger partial charge < -0.3 is 4.74 Å². The zero-order chi connectivity index (χ0) is 13.0. The fourth-order valence-electron chi connectivity index (χ4n) is 1.58. The van der Waals surface area contributed by atoms with Gasteiger partial charge in [-0.15, -0.1) is 11.3 Å². The summed E-state index contributed by atoms with van der Waals surface area (Å²) in [5, 5.41) is 5.26. The summed E-state index contributed by atoms with van der Waals surface area (Å²) < 4.78 is 5.55. The van der Waals surface area contributed by atoms with Gasteiger partial charge in [0.05, 0.1) is 11.4 Å². The summed E-state index contributed by atoms with van der Waals surface area (Å²) in [6, 6.07) is 1.69. The van der Waals surface area contributed by atoms with E-state index >= 15 is 0 Å². The van der Waals surface area contributed by atoms with Crippen LogP contribution in [0, 0.1) is 5.92 Å². The predicted molar refractivity (Wildman–Crippen MR) is 71.5 cm³/mol. The van der Waals surface area contributed by atoms with Crippen LogP contribution in [0.1, 0.15) is 32.4 Å². The van der Waals surface area contributed by atoms with E-state index in [0.29, 0.717) is 0 Å². The van der Waals surface area contributed by atoms with Crippen LogP contribution in [0.5, 0.6) is 0 Å². The van der Waals surface area contributed by atoms with E-state index in [9.17, 15) is 4.79 Å². The summed E-state index contributed by atoms with van der Waals surface area (Å²) in [6.45, 7) is 5.99. The molecule has 0 saturated carbocycles. The molecule has 5 heteroatoms. The molecule has 1 N–H and O–H groups in total. The zero-order valence-electron chi connectivity index (χ0n) is 10.5. The molecule has 3 nitrogen and oxygen atoms in total. The smallest absolute Gasteiger partial charge is 0.323 e. The van der Waals surface area contributed by atoms with Gasteiger partial charge in [-0.05, 0) is 29.9 Å². The van der Waals surface area contributed by atoms with Crippen molar-refractivity contribution in [2.24, 2.45) is 5.92 Å². The van der Waals surface area contributed by atoms with Gasteiger partial charge in [0.25, 0.3) is 0 Å². The van der Waals surface area contributed by atoms with E-state index in [4.69, 9.17) is 16.3 Å². The fraction of sp³-hybridized carbons (Fsp3) is 0.583. The third kappa shape index (κ3) is 3.98. The maximum Gasteiger partial charge on any atom is 0.323 e. The average molecular weight is 276 g/mol. The molecule has 0 fully saturated rings. The molecule has 0 aliphatic carbocycles. The molecule has 2 atom stereocenters. The third-order valence-corrected chi connectivity index (χ3v) is 3.75. The molecule has 0 aliphatic rings. The Balaban J connectivity index is 2.70. The van der Waals surface area contributed by atoms with E-state index < -0.39 is 0 Å². The quantitative estimate of drug-likeness (QED) is 0.839. The molecule has 0 saturated heterocycles. The molecule has 0 bridgehead atoms. The Morgan fingerprint density at radius 3 is 2.53 bits per heavy atom. The maximum atomic E-state index is 11.6. The number of esters is 1. The van der Waals surface area contributed by atoms with Crippen molar-refractivity contribution >= 4 is 28.9 Å². The van der Waals surface area contributed by atoms with E-state index in [1.54, 1.807) is 0 Å². The number of hydrogen-bond donors (Lipinski definition) is 1. The lowest BCUT2D eigenvalue weighted by atomic mass is 10.0. The Labute approximate surface area is 111 Å². The lowest BCUT2D eigenvalue weighted by molar-refractivity contribution is -0.144. The molecule has 0 aliphatic heterocycles. The molecular formula is C12H18ClNO2S. The average Bonchev–Trinajstić information content (AvgIpc) is 2.71. The van der Waals surface area contributed by atoms with E-state index in [1.807, 2.05) is 32.2 Å². The fourth-order valence-corrected chi connectivity index (χ4v) is 2.56. The minimum Gasteiger partial charge on any atom is -0.468 e. The van der Waals surface area contributed by atoms with Gasteiger partial charge in [0.1, 0.15) is 6.04 Å². The molecule has 1 aromatic rings. The van der Waals surface area contributed by atoms with Gasteiger partial charge in [0.2, 0.25) is 0 Å². The van der Waals surface area contributed by atoms with Crippen molar-refractivity contribution in [3.05, 3.63) is 21.3 Å². The number of nitrogens with one attached hydrogen (secondary N) is 1. The zero-order valence-corrected chi connectivity index (χ0v) is 12.1. The van der Waals surface area contributed by atoms with Crippen LogP contribution in [0.25, 0.3) is 0 Å². The van der Waals surface area contributed by atoms with E-state index in [1.165, 1.54) is 18.4 Å². The molecule has 0 radical (unpaired) electrons. The van der Waals surface area contributed by atoms with Crippen molar-refractivity contribution in [3.8, 4) is 0 Å². The third-order valence-electron chi connectivity index (χ3n) is 2.64. The monoisotopic (exact) mass is 275 g/mol. The molecule has 96 valence electrons. The first-order chi connectivity index (χ1) is 7.95. The second kappa shape index (κ2) is 6.38. The van der Waals surface area contributed by atoms with Gasteiger partial charge in [-0.1, -0.05) is 25.4 Å². The summed E-state index contributed by atoms with van der Waals surface area (Å²) >= 11 is 7.38. The van der Waals surface area contributed by atoms with Crippen LogP contribution < -0.4 is 5.32 Å². The number of thiophene rings is 1. The number of rotatable bonds is 5. The second-order valence-corrected chi connectivity index (χ2v) is 5.86. The molecular weight excluding hydrogens is 258 g/mol. The molecule has 0 amide bonds. The van der Waals surface area contributed by atoms with Crippen LogP contribution in [0.15, 0.2) is 11.4 Å². The van der Waals surface area contributed by atoms with Crippen molar-refractivity contribution < 1.29 is 9.53 Å². The first-order valence-corrected chi connectivity index (χ1v) is 6.79. The first kappa shape index (κ1) is 14.5. The Kier molecular flexibility index (Phi) is 5.43. The second-order valence-electron chi connectivity index (χ2n) is 4.32. The van der Waals surface area contributed by atoms with Crippen LogP contribution in [0.2, 0.25) is 4.34 Å². The highest BCUT2D eigenvalue weighted by Gasteiger charge is 2.25. The van der Waals surface area contributed by atoms with Crippen molar-refractivity contribution in [1.29, 1.82) is 0 Å². The van der Waals surface area contributed by atoms with Crippen LogP contribution >= 0.6 is 22.9 Å². The number of ether oxygens (including phenoxy) is 1. The number of halogens is 1. The standard InChI is InChI=1S/C12H18ClNO2S/c1-7(2)11(12(15)16-4)14-8(3)9-5-10(13)17-6-9/h5-8,11,14H,1-4H3/t8?,11-/m0/s1. The van der Waals surface area contributed by atoms with Crippen LogP contribution in [-0.4, -0.2) is 19.1 Å². The SMILES string of the molecule is COC(=O)[C@@H](NC(C)c1csc(Cl)c1)C(C)C. The van der Waals surface area contributed by atoms with Gasteiger partial charge in [-0.3, -0.25) is 10.1 Å². The molecule has 1 heterocycles. The Bertz CT molecular complexity index is 378. The number of carbonyl (C=O) groups excluding carboxylic acids is 1. The van der Waals surface area contributed by atoms with Gasteiger partial charge in [-0.2, -0.15) is 0 Å². The van der Waals surface area contributed by atoms with E-state index in [-0.39, 0.29) is 24.0 Å². The minimum absolute atomic E-state index is 0.0743. The molecule has 1 aromatic heterocycles. The normalized spacial score (nSPS) is 14.7. The van der Waals surface area contributed by atoms with Gasteiger partial charge >= 0.3 is 5.97 Å². The largest absolute Gasteiger partial charge is 0.468 e. The van der Waals surface area contributed by atoms with Gasteiger partial charge in [0, 0.05) is 6.04 Å². The number of carbonyl (C=O) groups is 1. The molecule has 0 aromatic carbocycles. The van der Waals surface area contributed by atoms with Crippen molar-refractivity contribution in [3.63, 3.8) is 0 Å². The van der Waals surface area contributed by atoms with Crippen molar-refractivity contribution in [1.82, 2.24) is 5.32 Å². The number of methoxy groups -OCH3 is 1. The molecule has 17 heavy (non-hydrogen) atoms. The Morgan fingerprint density at radius 1 is 1.47 bits per heavy atom. The van der Waals surface area contributed by atoms with E-state index in [0.717, 1.165) is 9.90 Å². The highest BCUT2D eigenvalue weighted by molar-refractivity contribution is 7.14. The lowest BCUT2D eigenvalue weighted by Gasteiger charge is -2.23. The number of hydrogen-bond acceptors (Lipinski definition) is 4. The Hall–Kier alpha value is -0.580. The van der Waals surface area contributed by atoms with Gasteiger partial charge in [0.15, 0.2) is 0 Å². The van der Waals surface area contributed by atoms with Gasteiger partial charge in [-0.25, -0.2) is 0 Å². The first-order valence-electron chi connectivity index (χ1n) is 5.53. The summed E-state index contributed by atoms with van der Waals surface area (Å²) in [5.41, 5.74) is 1.09. The van der Waals surface area contributed by atoms with Crippen LogP contribution in [0.3, 0.4) is 0 Å². The molecule has 1 rings (SSSR count). The molecule has 1 unspecified atom stereocenters.